The maximum Gasteiger partial charge on any atom is 0.101 e. The Morgan fingerprint density at radius 2 is 2.19 bits per heavy atom. The second-order valence-corrected chi connectivity index (χ2v) is 3.75. The number of para-hydroxylation sites is 1. The lowest BCUT2D eigenvalue weighted by atomic mass is 10.1. The van der Waals surface area contributed by atoms with Crippen molar-refractivity contribution >= 4 is 18.1 Å². The van der Waals surface area contributed by atoms with Crippen molar-refractivity contribution in [2.24, 2.45) is 0 Å². The smallest absolute Gasteiger partial charge is 0.101 e. The van der Waals surface area contributed by atoms with Crippen LogP contribution in [0.25, 0.3) is 0 Å². The highest BCUT2D eigenvalue weighted by molar-refractivity contribution is 5.85. The lowest BCUT2D eigenvalue weighted by Gasteiger charge is -2.35. The molecule has 0 amide bonds. The normalized spacial score (nSPS) is 19.8. The molecular weight excluding hydrogens is 224 g/mol. The highest BCUT2D eigenvalue weighted by Gasteiger charge is 2.20. The van der Waals surface area contributed by atoms with Crippen molar-refractivity contribution in [3.8, 4) is 6.07 Å². The van der Waals surface area contributed by atoms with Crippen LogP contribution in [0.4, 0.5) is 5.69 Å². The van der Waals surface area contributed by atoms with E-state index in [2.05, 4.69) is 17.9 Å². The zero-order valence-electron chi connectivity index (χ0n) is 9.22. The summed E-state index contributed by atoms with van der Waals surface area (Å²) in [5.74, 6) is 0. The Morgan fingerprint density at radius 3 is 2.88 bits per heavy atom. The summed E-state index contributed by atoms with van der Waals surface area (Å²) in [5, 5.41) is 9.03. The summed E-state index contributed by atoms with van der Waals surface area (Å²) in [7, 11) is 0. The van der Waals surface area contributed by atoms with Crippen molar-refractivity contribution in [3.05, 3.63) is 29.8 Å². The first-order valence-corrected chi connectivity index (χ1v) is 5.16. The summed E-state index contributed by atoms with van der Waals surface area (Å²) in [6.07, 6.45) is 0. The fourth-order valence-electron chi connectivity index (χ4n) is 1.90. The molecule has 2 rings (SSSR count). The molecule has 1 heterocycles. The summed E-state index contributed by atoms with van der Waals surface area (Å²) >= 11 is 0. The molecule has 1 fully saturated rings. The number of nitriles is 1. The Bertz CT molecular complexity index is 389. The number of nitrogens with zero attached hydrogens (tertiary/aromatic N) is 2. The molecule has 0 spiro atoms. The number of benzene rings is 1. The first-order valence-electron chi connectivity index (χ1n) is 5.16. The number of anilines is 1. The Labute approximate surface area is 102 Å². The predicted molar refractivity (Wildman–Crippen MR) is 66.0 cm³/mol. The molecule has 1 aliphatic heterocycles. The van der Waals surface area contributed by atoms with E-state index in [1.54, 1.807) is 0 Å². The van der Waals surface area contributed by atoms with Gasteiger partial charge in [0, 0.05) is 12.6 Å². The second kappa shape index (κ2) is 5.74. The van der Waals surface area contributed by atoms with Gasteiger partial charge in [0.25, 0.3) is 0 Å². The molecule has 0 N–H and O–H groups in total. The minimum absolute atomic E-state index is 0. The Morgan fingerprint density at radius 1 is 1.44 bits per heavy atom. The van der Waals surface area contributed by atoms with Crippen molar-refractivity contribution in [1.29, 1.82) is 5.26 Å². The molecule has 1 aliphatic rings. The monoisotopic (exact) mass is 238 g/mol. The van der Waals surface area contributed by atoms with Crippen molar-refractivity contribution in [2.75, 3.05) is 24.7 Å². The third kappa shape index (κ3) is 2.46. The van der Waals surface area contributed by atoms with Crippen molar-refractivity contribution in [3.63, 3.8) is 0 Å². The number of halogens is 1. The van der Waals surface area contributed by atoms with E-state index in [4.69, 9.17) is 10.00 Å². The standard InChI is InChI=1S/C12H14N2O.ClH/c1-10-9-15-7-6-14(10)12-5-3-2-4-11(12)8-13;/h2-5,10H,6-7,9H2,1H3;1H. The van der Waals surface area contributed by atoms with Gasteiger partial charge in [0.05, 0.1) is 24.5 Å². The second-order valence-electron chi connectivity index (χ2n) is 3.75. The average Bonchev–Trinajstić information content (AvgIpc) is 2.30. The molecule has 1 saturated heterocycles. The summed E-state index contributed by atoms with van der Waals surface area (Å²) in [6, 6.07) is 10.3. The number of hydrogen-bond donors (Lipinski definition) is 0. The van der Waals surface area contributed by atoms with Gasteiger partial charge in [-0.2, -0.15) is 5.26 Å². The first-order chi connectivity index (χ1) is 7.33. The van der Waals surface area contributed by atoms with E-state index >= 15 is 0 Å². The number of rotatable bonds is 1. The molecule has 1 aromatic carbocycles. The van der Waals surface area contributed by atoms with Gasteiger partial charge in [-0.3, -0.25) is 0 Å². The molecule has 3 nitrogen and oxygen atoms in total. The van der Waals surface area contributed by atoms with Crippen LogP contribution < -0.4 is 4.90 Å². The van der Waals surface area contributed by atoms with E-state index in [1.807, 2.05) is 24.3 Å². The fraction of sp³-hybridized carbons (Fsp3) is 0.417. The third-order valence-electron chi connectivity index (χ3n) is 2.70. The van der Waals surface area contributed by atoms with Gasteiger partial charge < -0.3 is 9.64 Å². The van der Waals surface area contributed by atoms with E-state index in [-0.39, 0.29) is 12.4 Å². The predicted octanol–water partition coefficient (Wildman–Crippen LogP) is 2.21. The lowest BCUT2D eigenvalue weighted by molar-refractivity contribution is 0.0989. The van der Waals surface area contributed by atoms with Crippen molar-refractivity contribution < 1.29 is 4.74 Å². The van der Waals surface area contributed by atoms with Crippen LogP contribution in [0, 0.1) is 11.3 Å². The molecule has 0 aliphatic carbocycles. The largest absolute Gasteiger partial charge is 0.377 e. The van der Waals surface area contributed by atoms with Crippen LogP contribution in [0.2, 0.25) is 0 Å². The molecular formula is C12H15ClN2O. The topological polar surface area (TPSA) is 36.3 Å². The molecule has 1 aromatic rings. The van der Waals surface area contributed by atoms with Gasteiger partial charge in [-0.1, -0.05) is 12.1 Å². The van der Waals surface area contributed by atoms with Gasteiger partial charge in [-0.25, -0.2) is 0 Å². The molecule has 86 valence electrons. The van der Waals surface area contributed by atoms with Crippen LogP contribution in [0.1, 0.15) is 12.5 Å². The molecule has 0 radical (unpaired) electrons. The highest BCUT2D eigenvalue weighted by Crippen LogP contribution is 2.23. The molecule has 16 heavy (non-hydrogen) atoms. The minimum Gasteiger partial charge on any atom is -0.377 e. The molecule has 0 saturated carbocycles. The maximum atomic E-state index is 9.03. The zero-order chi connectivity index (χ0) is 10.7. The first kappa shape index (κ1) is 12.8. The highest BCUT2D eigenvalue weighted by atomic mass is 35.5. The summed E-state index contributed by atoms with van der Waals surface area (Å²) in [6.45, 7) is 4.46. The quantitative estimate of drug-likeness (QED) is 0.753. The molecule has 4 heteroatoms. The van der Waals surface area contributed by atoms with Crippen LogP contribution in [-0.4, -0.2) is 25.8 Å². The van der Waals surface area contributed by atoms with E-state index in [0.29, 0.717) is 6.04 Å². The van der Waals surface area contributed by atoms with E-state index < -0.39 is 0 Å². The summed E-state index contributed by atoms with van der Waals surface area (Å²) in [4.78, 5) is 2.24. The molecule has 0 aromatic heterocycles. The van der Waals surface area contributed by atoms with Gasteiger partial charge in [-0.05, 0) is 19.1 Å². The zero-order valence-corrected chi connectivity index (χ0v) is 10.0. The van der Waals surface area contributed by atoms with Gasteiger partial charge in [0.1, 0.15) is 6.07 Å². The summed E-state index contributed by atoms with van der Waals surface area (Å²) < 4.78 is 5.38. The molecule has 1 unspecified atom stereocenters. The number of ether oxygens (including phenoxy) is 1. The van der Waals surface area contributed by atoms with Gasteiger partial charge >= 0.3 is 0 Å². The van der Waals surface area contributed by atoms with Gasteiger partial charge in [0.15, 0.2) is 0 Å². The maximum absolute atomic E-state index is 9.03. The van der Waals surface area contributed by atoms with Crippen LogP contribution in [0.3, 0.4) is 0 Å². The van der Waals surface area contributed by atoms with Crippen LogP contribution in [-0.2, 0) is 4.74 Å². The Hall–Kier alpha value is -1.24. The third-order valence-corrected chi connectivity index (χ3v) is 2.70. The van der Waals surface area contributed by atoms with Crippen molar-refractivity contribution in [2.45, 2.75) is 13.0 Å². The SMILES string of the molecule is CC1COCCN1c1ccccc1C#N.Cl. The minimum atomic E-state index is 0. The van der Waals surface area contributed by atoms with E-state index in [0.717, 1.165) is 31.0 Å². The lowest BCUT2D eigenvalue weighted by Crippen LogP contribution is -2.44. The molecule has 1 atom stereocenters. The Balaban J connectivity index is 0.00000128. The summed E-state index contributed by atoms with van der Waals surface area (Å²) in [5.41, 5.74) is 1.77. The van der Waals surface area contributed by atoms with Gasteiger partial charge in [-0.15, -0.1) is 12.4 Å². The number of hydrogen-bond acceptors (Lipinski definition) is 3. The van der Waals surface area contributed by atoms with Crippen LogP contribution in [0.5, 0.6) is 0 Å². The van der Waals surface area contributed by atoms with E-state index in [9.17, 15) is 0 Å². The molecule has 0 bridgehead atoms. The number of morpholine rings is 1. The van der Waals surface area contributed by atoms with E-state index in [1.165, 1.54) is 0 Å². The van der Waals surface area contributed by atoms with Gasteiger partial charge in [0.2, 0.25) is 0 Å². The van der Waals surface area contributed by atoms with Crippen molar-refractivity contribution in [1.82, 2.24) is 0 Å². The average molecular weight is 239 g/mol. The fourth-order valence-corrected chi connectivity index (χ4v) is 1.90. The Kier molecular flexibility index (Phi) is 4.60. The van der Waals surface area contributed by atoms with Crippen LogP contribution in [0.15, 0.2) is 24.3 Å². The van der Waals surface area contributed by atoms with Crippen LogP contribution >= 0.6 is 12.4 Å².